The molecule has 3 aromatic carbocycles. The van der Waals surface area contributed by atoms with E-state index >= 15 is 0 Å². The summed E-state index contributed by atoms with van der Waals surface area (Å²) < 4.78 is 0. The fourth-order valence-corrected chi connectivity index (χ4v) is 5.98. The van der Waals surface area contributed by atoms with Crippen LogP contribution in [0.25, 0.3) is 11.1 Å². The van der Waals surface area contributed by atoms with E-state index in [1.165, 1.54) is 17.7 Å². The fraction of sp³-hybridized carbons (Fsp3) is 0.269. The molecule has 3 nitrogen and oxygen atoms in total. The van der Waals surface area contributed by atoms with Gasteiger partial charge in [0, 0.05) is 32.8 Å². The molecule has 3 aromatic rings. The molecule has 0 saturated heterocycles. The Morgan fingerprint density at radius 1 is 1.03 bits per heavy atom. The highest BCUT2D eigenvalue weighted by atomic mass is 35.5. The maximum atomic E-state index is 11.9. The molecular weight excluding hydrogens is 493 g/mol. The van der Waals surface area contributed by atoms with Crippen molar-refractivity contribution in [2.45, 2.75) is 40.7 Å². The second-order valence-corrected chi connectivity index (χ2v) is 11.5. The second-order valence-electron chi connectivity index (χ2n) is 7.93. The van der Waals surface area contributed by atoms with Gasteiger partial charge in [0.1, 0.15) is 0 Å². The molecular formula is C26H25Cl2NO2S2. The Kier molecular flexibility index (Phi) is 8.18. The van der Waals surface area contributed by atoms with Crippen molar-refractivity contribution in [1.29, 1.82) is 0 Å². The molecule has 1 aliphatic carbocycles. The minimum Gasteiger partial charge on any atom is -0.481 e. The number of carboxylic acid groups (broad SMARTS) is 1. The van der Waals surface area contributed by atoms with Crippen molar-refractivity contribution >= 4 is 58.4 Å². The van der Waals surface area contributed by atoms with Crippen LogP contribution in [-0.4, -0.2) is 28.6 Å². The maximum absolute atomic E-state index is 11.9. The number of nitrogens with one attached hydrogen (secondary N) is 1. The van der Waals surface area contributed by atoms with Gasteiger partial charge in [0.15, 0.2) is 0 Å². The fourth-order valence-electron chi connectivity index (χ4n) is 3.56. The maximum Gasteiger partial charge on any atom is 0.312 e. The van der Waals surface area contributed by atoms with Gasteiger partial charge in [-0.05, 0) is 66.1 Å². The smallest absolute Gasteiger partial charge is 0.312 e. The molecule has 1 aliphatic rings. The van der Waals surface area contributed by atoms with Crippen molar-refractivity contribution in [2.24, 2.45) is 0 Å². The summed E-state index contributed by atoms with van der Waals surface area (Å²) in [6.07, 6.45) is 2.59. The number of carbonyl (C=O) groups is 1. The average molecular weight is 519 g/mol. The van der Waals surface area contributed by atoms with Crippen LogP contribution < -0.4 is 5.32 Å². The Morgan fingerprint density at radius 2 is 1.64 bits per heavy atom. The zero-order chi connectivity index (χ0) is 23.4. The molecule has 0 amide bonds. The summed E-state index contributed by atoms with van der Waals surface area (Å²) in [4.78, 5) is 14.3. The van der Waals surface area contributed by atoms with Crippen LogP contribution in [0.2, 0.25) is 10.0 Å². The van der Waals surface area contributed by atoms with E-state index in [1.807, 2.05) is 48.2 Å². The van der Waals surface area contributed by atoms with Gasteiger partial charge in [-0.2, -0.15) is 0 Å². The molecule has 33 heavy (non-hydrogen) atoms. The molecule has 1 fully saturated rings. The lowest BCUT2D eigenvalue weighted by atomic mass is 9.99. The van der Waals surface area contributed by atoms with Gasteiger partial charge < -0.3 is 10.4 Å². The standard InChI is InChI=1S/C26H25Cl2NO2S2/c1-2-32-19-7-3-16(4-8-19)22(26(30)31)15-29-18-13-23(27)25(24(28)14-18)17-5-9-20(10-6-17)33-21-11-12-21/h3-10,13-14,21-22,29H,2,11-12,15H2,1H3,(H,30,31). The Balaban J connectivity index is 1.47. The lowest BCUT2D eigenvalue weighted by Crippen LogP contribution is -2.21. The third-order valence-corrected chi connectivity index (χ3v) is 8.25. The molecule has 4 rings (SSSR count). The van der Waals surface area contributed by atoms with E-state index in [0.717, 1.165) is 32.6 Å². The number of hydrogen-bond donors (Lipinski definition) is 2. The molecule has 0 radical (unpaired) electrons. The van der Waals surface area contributed by atoms with Gasteiger partial charge in [-0.25, -0.2) is 0 Å². The van der Waals surface area contributed by atoms with Crippen LogP contribution in [0.1, 0.15) is 31.2 Å². The highest BCUT2D eigenvalue weighted by Crippen LogP contribution is 2.41. The molecule has 1 atom stereocenters. The van der Waals surface area contributed by atoms with Gasteiger partial charge >= 0.3 is 5.97 Å². The van der Waals surface area contributed by atoms with Crippen LogP contribution in [0.3, 0.4) is 0 Å². The Bertz CT molecular complexity index is 1090. The van der Waals surface area contributed by atoms with Gasteiger partial charge in [-0.1, -0.05) is 54.4 Å². The number of thioether (sulfide) groups is 2. The van der Waals surface area contributed by atoms with E-state index in [2.05, 4.69) is 24.4 Å². The molecule has 0 bridgehead atoms. The van der Waals surface area contributed by atoms with E-state index in [-0.39, 0.29) is 6.54 Å². The Labute approximate surface area is 213 Å². The van der Waals surface area contributed by atoms with E-state index < -0.39 is 11.9 Å². The molecule has 1 saturated carbocycles. The van der Waals surface area contributed by atoms with Crippen LogP contribution in [0.4, 0.5) is 5.69 Å². The highest BCUT2D eigenvalue weighted by molar-refractivity contribution is 8.00. The quantitative estimate of drug-likeness (QED) is 0.264. The van der Waals surface area contributed by atoms with Gasteiger partial charge in [-0.15, -0.1) is 23.5 Å². The molecule has 2 N–H and O–H groups in total. The Morgan fingerprint density at radius 3 is 2.18 bits per heavy atom. The monoisotopic (exact) mass is 517 g/mol. The molecule has 7 heteroatoms. The van der Waals surface area contributed by atoms with Gasteiger partial charge in [0.25, 0.3) is 0 Å². The number of hydrogen-bond acceptors (Lipinski definition) is 4. The first-order valence-corrected chi connectivity index (χ1v) is 13.5. The lowest BCUT2D eigenvalue weighted by Gasteiger charge is -2.17. The van der Waals surface area contributed by atoms with Gasteiger partial charge in [0.2, 0.25) is 0 Å². The minimum absolute atomic E-state index is 0.231. The molecule has 0 aliphatic heterocycles. The first-order chi connectivity index (χ1) is 15.9. The molecule has 1 unspecified atom stereocenters. The molecule has 0 aromatic heterocycles. The third kappa shape index (κ3) is 6.42. The van der Waals surface area contributed by atoms with Crippen LogP contribution in [-0.2, 0) is 4.79 Å². The second kappa shape index (κ2) is 11.1. The molecule has 0 heterocycles. The minimum atomic E-state index is -0.878. The van der Waals surface area contributed by atoms with E-state index in [0.29, 0.717) is 15.7 Å². The summed E-state index contributed by atoms with van der Waals surface area (Å²) >= 11 is 16.8. The van der Waals surface area contributed by atoms with Gasteiger partial charge in [-0.3, -0.25) is 4.79 Å². The summed E-state index contributed by atoms with van der Waals surface area (Å²) in [6, 6.07) is 19.6. The zero-order valence-electron chi connectivity index (χ0n) is 18.2. The van der Waals surface area contributed by atoms with Crippen LogP contribution in [0.5, 0.6) is 0 Å². The number of benzene rings is 3. The van der Waals surface area contributed by atoms with Crippen molar-refractivity contribution in [3.05, 3.63) is 76.3 Å². The van der Waals surface area contributed by atoms with Crippen molar-refractivity contribution in [3.63, 3.8) is 0 Å². The van der Waals surface area contributed by atoms with Crippen LogP contribution in [0, 0.1) is 0 Å². The Hall–Kier alpha value is -1.79. The normalized spacial score (nSPS) is 14.2. The summed E-state index contributed by atoms with van der Waals surface area (Å²) in [7, 11) is 0. The van der Waals surface area contributed by atoms with Crippen molar-refractivity contribution in [2.75, 3.05) is 17.6 Å². The third-order valence-electron chi connectivity index (χ3n) is 5.41. The van der Waals surface area contributed by atoms with Crippen molar-refractivity contribution < 1.29 is 9.90 Å². The summed E-state index contributed by atoms with van der Waals surface area (Å²) in [5.74, 6) is -0.583. The predicted octanol–water partition coefficient (Wildman–Crippen LogP) is 8.31. The van der Waals surface area contributed by atoms with E-state index in [1.54, 1.807) is 23.9 Å². The van der Waals surface area contributed by atoms with Crippen molar-refractivity contribution in [3.8, 4) is 11.1 Å². The van der Waals surface area contributed by atoms with Gasteiger partial charge in [0.05, 0.1) is 16.0 Å². The lowest BCUT2D eigenvalue weighted by molar-refractivity contribution is -0.138. The first kappa shape index (κ1) is 24.3. The number of rotatable bonds is 10. The average Bonchev–Trinajstić information content (AvgIpc) is 3.60. The predicted molar refractivity (Wildman–Crippen MR) is 142 cm³/mol. The molecule has 172 valence electrons. The van der Waals surface area contributed by atoms with Crippen LogP contribution >= 0.6 is 46.7 Å². The topological polar surface area (TPSA) is 49.3 Å². The molecule has 0 spiro atoms. The number of aliphatic carboxylic acids is 1. The first-order valence-electron chi connectivity index (χ1n) is 10.9. The van der Waals surface area contributed by atoms with E-state index in [4.69, 9.17) is 23.2 Å². The number of anilines is 1. The van der Waals surface area contributed by atoms with Crippen molar-refractivity contribution in [1.82, 2.24) is 0 Å². The largest absolute Gasteiger partial charge is 0.481 e. The summed E-state index contributed by atoms with van der Waals surface area (Å²) in [5, 5.41) is 14.8. The number of halogens is 2. The zero-order valence-corrected chi connectivity index (χ0v) is 21.3. The number of carboxylic acids is 1. The highest BCUT2D eigenvalue weighted by Gasteiger charge is 2.23. The van der Waals surface area contributed by atoms with Crippen LogP contribution in [0.15, 0.2) is 70.5 Å². The SMILES string of the molecule is CCSc1ccc(C(CNc2cc(Cl)c(-c3ccc(SC4CC4)cc3)c(Cl)c2)C(=O)O)cc1. The summed E-state index contributed by atoms with van der Waals surface area (Å²) in [5.41, 5.74) is 3.20. The summed E-state index contributed by atoms with van der Waals surface area (Å²) in [6.45, 7) is 2.32. The van der Waals surface area contributed by atoms with E-state index in [9.17, 15) is 9.90 Å².